The van der Waals surface area contributed by atoms with Gasteiger partial charge in [0.25, 0.3) is 11.7 Å². The number of para-hydroxylation sites is 1. The smallest absolute Gasteiger partial charge is 0.295 e. The van der Waals surface area contributed by atoms with Gasteiger partial charge in [-0.05, 0) is 94.0 Å². The average molecular weight is 529 g/mol. The number of carbonyl (C=O) groups is 2. The first-order valence-electron chi connectivity index (χ1n) is 13.3. The molecule has 1 amide bonds. The molecule has 1 saturated heterocycles. The molecule has 0 unspecified atom stereocenters. The molecular formula is C32H36N2O5. The van der Waals surface area contributed by atoms with Crippen LogP contribution in [-0.2, 0) is 9.59 Å². The van der Waals surface area contributed by atoms with Gasteiger partial charge < -0.3 is 24.4 Å². The normalized spacial score (nSPS) is 16.6. The summed E-state index contributed by atoms with van der Waals surface area (Å²) >= 11 is 0. The Morgan fingerprint density at radius 2 is 1.69 bits per heavy atom. The number of ketones is 1. The first-order chi connectivity index (χ1) is 18.8. The highest BCUT2D eigenvalue weighted by molar-refractivity contribution is 6.46. The van der Waals surface area contributed by atoms with Crippen molar-refractivity contribution in [2.24, 2.45) is 0 Å². The lowest BCUT2D eigenvalue weighted by Crippen LogP contribution is -2.32. The number of aliphatic hydroxyl groups is 1. The van der Waals surface area contributed by atoms with Gasteiger partial charge in [-0.2, -0.15) is 0 Å². The summed E-state index contributed by atoms with van der Waals surface area (Å²) in [5.74, 6) is 0.444. The van der Waals surface area contributed by atoms with Crippen molar-refractivity contribution in [1.82, 2.24) is 9.80 Å². The highest BCUT2D eigenvalue weighted by Gasteiger charge is 2.46. The maximum absolute atomic E-state index is 13.4. The Morgan fingerprint density at radius 1 is 0.949 bits per heavy atom. The zero-order valence-corrected chi connectivity index (χ0v) is 23.0. The van der Waals surface area contributed by atoms with Crippen molar-refractivity contribution in [3.8, 4) is 17.2 Å². The lowest BCUT2D eigenvalue weighted by Gasteiger charge is -2.26. The Morgan fingerprint density at radius 3 is 2.38 bits per heavy atom. The average Bonchev–Trinajstić information content (AvgIpc) is 3.17. The number of hydrogen-bond donors (Lipinski definition) is 1. The number of rotatable bonds is 11. The van der Waals surface area contributed by atoms with Crippen molar-refractivity contribution in [3.63, 3.8) is 0 Å². The first-order valence-corrected chi connectivity index (χ1v) is 13.3. The molecule has 39 heavy (non-hydrogen) atoms. The van der Waals surface area contributed by atoms with Crippen LogP contribution < -0.4 is 9.47 Å². The Kier molecular flexibility index (Phi) is 9.04. The maximum atomic E-state index is 13.4. The molecule has 1 atom stereocenters. The van der Waals surface area contributed by atoms with E-state index in [4.69, 9.17) is 9.47 Å². The van der Waals surface area contributed by atoms with Crippen molar-refractivity contribution < 1.29 is 24.2 Å². The van der Waals surface area contributed by atoms with E-state index in [1.54, 1.807) is 17.0 Å². The molecule has 0 spiro atoms. The van der Waals surface area contributed by atoms with E-state index in [2.05, 4.69) is 0 Å². The summed E-state index contributed by atoms with van der Waals surface area (Å²) in [6.45, 7) is 5.60. The lowest BCUT2D eigenvalue weighted by molar-refractivity contribution is -0.139. The van der Waals surface area contributed by atoms with Crippen LogP contribution in [0, 0.1) is 6.92 Å². The number of likely N-dealkylation sites (tertiary alicyclic amines) is 1. The second kappa shape index (κ2) is 12.6. The predicted molar refractivity (Wildman–Crippen MR) is 152 cm³/mol. The minimum Gasteiger partial charge on any atom is -0.507 e. The SMILES string of the molecule is CCCOc1ccc(C(O)=C2C(=O)C(=O)N(CCCN(C)C)[C@@H]2c2cccc(Oc3ccccc3)c2)c(C)c1. The number of carbonyl (C=O) groups excluding carboxylic acids is 2. The summed E-state index contributed by atoms with van der Waals surface area (Å²) in [5.41, 5.74) is 2.01. The molecule has 0 radical (unpaired) electrons. The standard InChI is InChI=1S/C32H36N2O5/c1-5-19-38-25-15-16-27(22(2)20-25)30(35)28-29(34(32(37)31(28)36)18-10-17-33(3)4)23-11-9-14-26(21-23)39-24-12-7-6-8-13-24/h6-9,11-16,20-21,29,35H,5,10,17-19H2,1-4H3/t29-/m1/s1. The van der Waals surface area contributed by atoms with Gasteiger partial charge in [-0.3, -0.25) is 9.59 Å². The molecular weight excluding hydrogens is 492 g/mol. The highest BCUT2D eigenvalue weighted by Crippen LogP contribution is 2.41. The number of hydrogen-bond acceptors (Lipinski definition) is 6. The van der Waals surface area contributed by atoms with Gasteiger partial charge in [-0.1, -0.05) is 37.3 Å². The minimum atomic E-state index is -0.748. The van der Waals surface area contributed by atoms with Crippen molar-refractivity contribution in [3.05, 3.63) is 95.1 Å². The molecule has 1 heterocycles. The van der Waals surface area contributed by atoms with Crippen LogP contribution in [-0.4, -0.2) is 60.4 Å². The van der Waals surface area contributed by atoms with Crippen molar-refractivity contribution in [1.29, 1.82) is 0 Å². The number of aryl methyl sites for hydroxylation is 1. The number of ether oxygens (including phenoxy) is 2. The fourth-order valence-electron chi connectivity index (χ4n) is 4.74. The van der Waals surface area contributed by atoms with E-state index in [1.807, 2.05) is 93.5 Å². The monoisotopic (exact) mass is 528 g/mol. The minimum absolute atomic E-state index is 0.0760. The molecule has 3 aromatic rings. The predicted octanol–water partition coefficient (Wildman–Crippen LogP) is 5.95. The Hall–Kier alpha value is -4.10. The largest absolute Gasteiger partial charge is 0.507 e. The maximum Gasteiger partial charge on any atom is 0.295 e. The number of benzene rings is 3. The van der Waals surface area contributed by atoms with Crippen LogP contribution in [0.15, 0.2) is 78.4 Å². The topological polar surface area (TPSA) is 79.3 Å². The van der Waals surface area contributed by atoms with Crippen molar-refractivity contribution in [2.45, 2.75) is 32.7 Å². The molecule has 7 nitrogen and oxygen atoms in total. The molecule has 4 rings (SSSR count). The number of nitrogens with zero attached hydrogens (tertiary/aromatic N) is 2. The third-order valence-corrected chi connectivity index (χ3v) is 6.62. The molecule has 1 fully saturated rings. The van der Waals surface area contributed by atoms with Crippen molar-refractivity contribution >= 4 is 17.4 Å². The number of Topliss-reactive ketones (excluding diaryl/α,β-unsaturated/α-hetero) is 1. The van der Waals surface area contributed by atoms with E-state index in [1.165, 1.54) is 0 Å². The Balaban J connectivity index is 1.77. The van der Waals surface area contributed by atoms with Crippen LogP contribution in [0.3, 0.4) is 0 Å². The fraction of sp³-hybridized carbons (Fsp3) is 0.312. The molecule has 0 bridgehead atoms. The number of amides is 1. The molecule has 0 aliphatic carbocycles. The summed E-state index contributed by atoms with van der Waals surface area (Å²) in [7, 11) is 3.93. The molecule has 3 aromatic carbocycles. The third-order valence-electron chi connectivity index (χ3n) is 6.62. The van der Waals surface area contributed by atoms with Gasteiger partial charge in [0.05, 0.1) is 18.2 Å². The lowest BCUT2D eigenvalue weighted by atomic mass is 9.93. The van der Waals surface area contributed by atoms with Crippen LogP contribution in [0.2, 0.25) is 0 Å². The van der Waals surface area contributed by atoms with E-state index >= 15 is 0 Å². The van der Waals surface area contributed by atoms with Crippen LogP contribution in [0.5, 0.6) is 17.2 Å². The summed E-state index contributed by atoms with van der Waals surface area (Å²) in [6, 6.07) is 21.3. The summed E-state index contributed by atoms with van der Waals surface area (Å²) in [4.78, 5) is 30.3. The Bertz CT molecular complexity index is 1350. The van der Waals surface area contributed by atoms with E-state index in [0.717, 1.165) is 18.5 Å². The third kappa shape index (κ3) is 6.49. The summed E-state index contributed by atoms with van der Waals surface area (Å²) in [5, 5.41) is 11.5. The Labute approximate surface area is 230 Å². The van der Waals surface area contributed by atoms with E-state index in [0.29, 0.717) is 47.9 Å². The van der Waals surface area contributed by atoms with Crippen LogP contribution >= 0.6 is 0 Å². The zero-order chi connectivity index (χ0) is 27.9. The second-order valence-corrected chi connectivity index (χ2v) is 9.96. The second-order valence-electron chi connectivity index (χ2n) is 9.96. The van der Waals surface area contributed by atoms with E-state index in [9.17, 15) is 14.7 Å². The van der Waals surface area contributed by atoms with Gasteiger partial charge in [0.15, 0.2) is 0 Å². The van der Waals surface area contributed by atoms with Gasteiger partial charge in [-0.25, -0.2) is 0 Å². The van der Waals surface area contributed by atoms with Gasteiger partial charge in [0.2, 0.25) is 0 Å². The van der Waals surface area contributed by atoms with Crippen LogP contribution in [0.1, 0.15) is 42.5 Å². The fourth-order valence-corrected chi connectivity index (χ4v) is 4.74. The molecule has 204 valence electrons. The first kappa shape index (κ1) is 27.9. The van der Waals surface area contributed by atoms with Gasteiger partial charge in [-0.15, -0.1) is 0 Å². The van der Waals surface area contributed by atoms with Gasteiger partial charge in [0.1, 0.15) is 23.0 Å². The molecule has 1 aliphatic heterocycles. The number of aliphatic hydroxyl groups excluding tert-OH is 1. The van der Waals surface area contributed by atoms with E-state index in [-0.39, 0.29) is 11.3 Å². The van der Waals surface area contributed by atoms with Crippen molar-refractivity contribution in [2.75, 3.05) is 33.8 Å². The molecule has 1 N–H and O–H groups in total. The van der Waals surface area contributed by atoms with Gasteiger partial charge >= 0.3 is 0 Å². The van der Waals surface area contributed by atoms with E-state index < -0.39 is 17.7 Å². The van der Waals surface area contributed by atoms with Crippen LogP contribution in [0.25, 0.3) is 5.76 Å². The summed E-state index contributed by atoms with van der Waals surface area (Å²) < 4.78 is 11.8. The molecule has 1 aliphatic rings. The summed E-state index contributed by atoms with van der Waals surface area (Å²) in [6.07, 6.45) is 1.56. The van der Waals surface area contributed by atoms with Gasteiger partial charge in [0, 0.05) is 12.1 Å². The molecule has 0 saturated carbocycles. The quantitative estimate of drug-likeness (QED) is 0.188. The molecule has 0 aromatic heterocycles. The molecule has 7 heteroatoms. The highest BCUT2D eigenvalue weighted by atomic mass is 16.5. The zero-order valence-electron chi connectivity index (χ0n) is 23.0. The van der Waals surface area contributed by atoms with Crippen LogP contribution in [0.4, 0.5) is 0 Å².